The summed E-state index contributed by atoms with van der Waals surface area (Å²) in [6.45, 7) is 6.79. The molecule has 1 N–H and O–H groups in total. The van der Waals surface area contributed by atoms with Crippen molar-refractivity contribution < 1.29 is 43.0 Å². The van der Waals surface area contributed by atoms with Crippen LogP contribution in [0.3, 0.4) is 0 Å². The molecule has 2 aliphatic heterocycles. The number of esters is 1. The molecule has 15 nitrogen and oxygen atoms in total. The molecular weight excluding hydrogens is 672 g/mol. The van der Waals surface area contributed by atoms with Crippen LogP contribution in [0.25, 0.3) is 10.9 Å². The lowest BCUT2D eigenvalue weighted by Gasteiger charge is -2.37. The van der Waals surface area contributed by atoms with Gasteiger partial charge >= 0.3 is 12.1 Å². The van der Waals surface area contributed by atoms with E-state index in [1.54, 1.807) is 40.7 Å². The van der Waals surface area contributed by atoms with Crippen LogP contribution in [-0.4, -0.2) is 138 Å². The maximum atomic E-state index is 13.8. The summed E-state index contributed by atoms with van der Waals surface area (Å²) in [6, 6.07) is 5.50. The second-order valence-corrected chi connectivity index (χ2v) is 13.5. The molecule has 3 aliphatic rings. The quantitative estimate of drug-likeness (QED) is 0.304. The molecule has 2 aromatic rings. The Bertz CT molecular complexity index is 1660. The van der Waals surface area contributed by atoms with Crippen LogP contribution < -0.4 is 10.1 Å². The van der Waals surface area contributed by atoms with Crippen LogP contribution in [0, 0.1) is 6.92 Å². The Kier molecular flexibility index (Phi) is 12.9. The van der Waals surface area contributed by atoms with E-state index in [-0.39, 0.29) is 88.1 Å². The van der Waals surface area contributed by atoms with Crippen molar-refractivity contribution in [2.24, 2.45) is 0 Å². The topological polar surface area (TPSA) is 168 Å². The number of benzene rings is 1. The fourth-order valence-corrected chi connectivity index (χ4v) is 6.81. The molecular formula is C37H50N6O9. The molecule has 15 heteroatoms. The van der Waals surface area contributed by atoms with Crippen molar-refractivity contribution in [3.05, 3.63) is 35.5 Å². The zero-order valence-corrected chi connectivity index (χ0v) is 30.6. The number of nitrogens with zero attached hydrogens (tertiary/aromatic N) is 5. The Hall–Kier alpha value is -4.95. The van der Waals surface area contributed by atoms with Gasteiger partial charge in [0.15, 0.2) is 6.61 Å². The number of aromatic nitrogens is 1. The predicted octanol–water partition coefficient (Wildman–Crippen LogP) is 2.67. The highest BCUT2D eigenvalue weighted by Gasteiger charge is 2.38. The van der Waals surface area contributed by atoms with Crippen molar-refractivity contribution in [1.82, 2.24) is 29.9 Å². The molecule has 2 unspecified atom stereocenters. The molecule has 282 valence electrons. The average molecular weight is 723 g/mol. The van der Waals surface area contributed by atoms with E-state index in [9.17, 15) is 28.8 Å². The number of nitrogens with one attached hydrogen (secondary N) is 1. The van der Waals surface area contributed by atoms with E-state index < -0.39 is 36.0 Å². The number of hydrogen-bond donors (Lipinski definition) is 1. The zero-order chi connectivity index (χ0) is 37.4. The first-order chi connectivity index (χ1) is 25.0. The number of rotatable bonds is 13. The second-order valence-electron chi connectivity index (χ2n) is 13.5. The van der Waals surface area contributed by atoms with Gasteiger partial charge in [0.25, 0.3) is 11.8 Å². The molecule has 0 radical (unpaired) electrons. The number of carbonyl (C=O) groups excluding carboxylic acids is 6. The summed E-state index contributed by atoms with van der Waals surface area (Å²) >= 11 is 0. The van der Waals surface area contributed by atoms with Gasteiger partial charge in [-0.1, -0.05) is 6.07 Å². The van der Waals surface area contributed by atoms with E-state index in [2.05, 4.69) is 10.3 Å². The third-order valence-corrected chi connectivity index (χ3v) is 10.0. The van der Waals surface area contributed by atoms with E-state index >= 15 is 0 Å². The highest BCUT2D eigenvalue weighted by Crippen LogP contribution is 2.29. The van der Waals surface area contributed by atoms with Gasteiger partial charge in [0.1, 0.15) is 23.5 Å². The number of likely N-dealkylation sites (tertiary alicyclic amines) is 1. The number of piperazine rings is 1. The van der Waals surface area contributed by atoms with E-state index in [0.717, 1.165) is 31.2 Å². The number of aryl methyl sites for hydroxylation is 1. The van der Waals surface area contributed by atoms with Gasteiger partial charge < -0.3 is 39.1 Å². The number of pyridine rings is 1. The maximum absolute atomic E-state index is 13.8. The average Bonchev–Trinajstić information content (AvgIpc) is 3.61. The monoisotopic (exact) mass is 722 g/mol. The van der Waals surface area contributed by atoms with E-state index in [1.165, 1.54) is 11.0 Å². The molecule has 1 saturated carbocycles. The van der Waals surface area contributed by atoms with Crippen LogP contribution in [0.15, 0.2) is 24.3 Å². The van der Waals surface area contributed by atoms with Crippen molar-refractivity contribution in [3.63, 3.8) is 0 Å². The summed E-state index contributed by atoms with van der Waals surface area (Å²) in [5, 5.41) is 3.35. The molecule has 3 heterocycles. The van der Waals surface area contributed by atoms with Gasteiger partial charge in [-0.3, -0.25) is 24.0 Å². The van der Waals surface area contributed by atoms with E-state index in [1.807, 2.05) is 20.0 Å². The van der Waals surface area contributed by atoms with Crippen LogP contribution >= 0.6 is 0 Å². The van der Waals surface area contributed by atoms with E-state index in [4.69, 9.17) is 14.2 Å². The molecule has 0 bridgehead atoms. The van der Waals surface area contributed by atoms with Crippen LogP contribution in [0.4, 0.5) is 4.79 Å². The number of amides is 5. The smallest absolute Gasteiger partial charge is 0.409 e. The van der Waals surface area contributed by atoms with Gasteiger partial charge in [-0.05, 0) is 77.0 Å². The number of fused-ring (bicyclic) bond motifs is 1. The van der Waals surface area contributed by atoms with Crippen molar-refractivity contribution in [2.75, 3.05) is 59.6 Å². The standard InChI is InChI=1S/C37H50N6O9/c1-5-50-33(45)15-14-27(35(47)41-17-19-42(20-18-41)37(49)51-6-2)39-34(46)29-22-31(26-13-12-24(3)21-28(26)38-29)52-23-32(44)43-16-8-11-30(43)36(48)40(4)25-9-7-10-25/h12-13,21-22,25,27,30H,5-11,14-20,23H2,1-4H3,(H,39,46). The Morgan fingerprint density at radius 1 is 0.923 bits per heavy atom. The summed E-state index contributed by atoms with van der Waals surface area (Å²) in [5.74, 6) is -1.70. The lowest BCUT2D eigenvalue weighted by Crippen LogP contribution is -2.56. The molecule has 1 aromatic heterocycles. The summed E-state index contributed by atoms with van der Waals surface area (Å²) in [7, 11) is 1.81. The first kappa shape index (κ1) is 38.3. The van der Waals surface area contributed by atoms with Gasteiger partial charge in [-0.2, -0.15) is 0 Å². The molecule has 5 rings (SSSR count). The van der Waals surface area contributed by atoms with Gasteiger partial charge in [-0.15, -0.1) is 0 Å². The Morgan fingerprint density at radius 3 is 2.31 bits per heavy atom. The highest BCUT2D eigenvalue weighted by atomic mass is 16.6. The summed E-state index contributed by atoms with van der Waals surface area (Å²) in [5.41, 5.74) is 1.30. The Morgan fingerprint density at radius 2 is 1.63 bits per heavy atom. The minimum atomic E-state index is -1.09. The van der Waals surface area contributed by atoms with E-state index in [0.29, 0.717) is 23.9 Å². The summed E-state index contributed by atoms with van der Waals surface area (Å²) in [4.78, 5) is 89.8. The van der Waals surface area contributed by atoms with Crippen molar-refractivity contribution in [2.45, 2.75) is 83.8 Å². The number of carbonyl (C=O) groups is 6. The minimum Gasteiger partial charge on any atom is -0.483 e. The molecule has 3 fully saturated rings. The number of hydrogen-bond acceptors (Lipinski definition) is 10. The van der Waals surface area contributed by atoms with Gasteiger partial charge in [0.05, 0.1) is 18.7 Å². The first-order valence-electron chi connectivity index (χ1n) is 18.3. The lowest BCUT2D eigenvalue weighted by atomic mass is 9.91. The fraction of sp³-hybridized carbons (Fsp3) is 0.595. The normalized spacial score (nSPS) is 18.0. The molecule has 0 spiro atoms. The summed E-state index contributed by atoms with van der Waals surface area (Å²) < 4.78 is 16.2. The minimum absolute atomic E-state index is 0.0162. The molecule has 2 saturated heterocycles. The third-order valence-electron chi connectivity index (χ3n) is 10.0. The second kappa shape index (κ2) is 17.5. The number of ether oxygens (including phenoxy) is 3. The third kappa shape index (κ3) is 9.09. The van der Waals surface area contributed by atoms with Gasteiger partial charge in [0, 0.05) is 63.7 Å². The molecule has 5 amide bonds. The summed E-state index contributed by atoms with van der Waals surface area (Å²) in [6.07, 6.45) is 3.80. The van der Waals surface area contributed by atoms with Crippen LogP contribution in [0.1, 0.15) is 74.8 Å². The Labute approximate surface area is 303 Å². The van der Waals surface area contributed by atoms with Crippen molar-refractivity contribution in [1.29, 1.82) is 0 Å². The largest absolute Gasteiger partial charge is 0.483 e. The van der Waals surface area contributed by atoms with Crippen molar-refractivity contribution >= 4 is 46.6 Å². The van der Waals surface area contributed by atoms with Crippen LogP contribution in [0.5, 0.6) is 5.75 Å². The first-order valence-corrected chi connectivity index (χ1v) is 18.3. The fourth-order valence-electron chi connectivity index (χ4n) is 6.81. The van der Waals surface area contributed by atoms with Crippen LogP contribution in [0.2, 0.25) is 0 Å². The van der Waals surface area contributed by atoms with Gasteiger partial charge in [0.2, 0.25) is 11.8 Å². The SMILES string of the molecule is CCOC(=O)CCC(NC(=O)c1cc(OCC(=O)N2CCCC2C(=O)N(C)C2CCC2)c2ccc(C)cc2n1)C(=O)N1CCN(C(=O)OCC)CC1. The highest BCUT2D eigenvalue weighted by molar-refractivity contribution is 5.99. The maximum Gasteiger partial charge on any atom is 0.409 e. The Balaban J connectivity index is 1.31. The molecule has 52 heavy (non-hydrogen) atoms. The zero-order valence-electron chi connectivity index (χ0n) is 30.6. The molecule has 2 atom stereocenters. The molecule has 1 aliphatic carbocycles. The lowest BCUT2D eigenvalue weighted by molar-refractivity contribution is -0.146. The van der Waals surface area contributed by atoms with Crippen LogP contribution in [-0.2, 0) is 28.7 Å². The molecule has 1 aromatic carbocycles. The van der Waals surface area contributed by atoms with Gasteiger partial charge in [-0.25, -0.2) is 9.78 Å². The predicted molar refractivity (Wildman–Crippen MR) is 189 cm³/mol. The van der Waals surface area contributed by atoms with Crippen molar-refractivity contribution in [3.8, 4) is 5.75 Å². The number of likely N-dealkylation sites (N-methyl/N-ethyl adjacent to an activating group) is 1.